The standard InChI is InChI=1S/C16H31IN2O6Si2/c1-9(5-6-19-13(17)12(4)14(20)18-16(19)21)15(22-7-10(2)24-26)23-8-11(3)25-27/h9-11,15H,5-8H2,1-4,26-27H3,(H,18,20,21). The van der Waals surface area contributed by atoms with E-state index in [-0.39, 0.29) is 23.7 Å². The van der Waals surface area contributed by atoms with E-state index < -0.39 is 12.0 Å². The molecule has 8 nitrogen and oxygen atoms in total. The summed E-state index contributed by atoms with van der Waals surface area (Å²) in [5.74, 6) is 0.0440. The molecular formula is C16H31IN2O6Si2. The topological polar surface area (TPSA) is 91.8 Å². The number of ether oxygens (including phenoxy) is 2. The molecule has 0 aromatic carbocycles. The average Bonchev–Trinajstić information content (AvgIpc) is 2.65. The number of aromatic nitrogens is 2. The molecule has 0 aliphatic carbocycles. The molecule has 11 heteroatoms. The summed E-state index contributed by atoms with van der Waals surface area (Å²) >= 11 is 2.04. The summed E-state index contributed by atoms with van der Waals surface area (Å²) < 4.78 is 24.8. The fourth-order valence-electron chi connectivity index (χ4n) is 2.29. The second-order valence-electron chi connectivity index (χ2n) is 6.72. The van der Waals surface area contributed by atoms with Crippen LogP contribution in [0.25, 0.3) is 0 Å². The Balaban J connectivity index is 2.80. The van der Waals surface area contributed by atoms with E-state index in [4.69, 9.17) is 18.3 Å². The summed E-state index contributed by atoms with van der Waals surface area (Å²) in [6.07, 6.45) is 0.291. The molecule has 3 atom stereocenters. The third-order valence-electron chi connectivity index (χ3n) is 4.42. The lowest BCUT2D eigenvalue weighted by Gasteiger charge is -2.27. The van der Waals surface area contributed by atoms with Crippen molar-refractivity contribution in [3.63, 3.8) is 0 Å². The van der Waals surface area contributed by atoms with Gasteiger partial charge in [-0.25, -0.2) is 4.79 Å². The highest BCUT2D eigenvalue weighted by Crippen LogP contribution is 2.17. The highest BCUT2D eigenvalue weighted by molar-refractivity contribution is 14.1. The van der Waals surface area contributed by atoms with Gasteiger partial charge in [-0.15, -0.1) is 0 Å². The van der Waals surface area contributed by atoms with Crippen LogP contribution in [-0.2, 0) is 24.9 Å². The van der Waals surface area contributed by atoms with Crippen LogP contribution in [0.4, 0.5) is 0 Å². The molecule has 27 heavy (non-hydrogen) atoms. The van der Waals surface area contributed by atoms with Crippen molar-refractivity contribution in [2.75, 3.05) is 13.2 Å². The average molecular weight is 531 g/mol. The van der Waals surface area contributed by atoms with Crippen molar-refractivity contribution in [3.8, 4) is 0 Å². The number of rotatable bonds is 12. The molecule has 1 N–H and O–H groups in total. The largest absolute Gasteiger partial charge is 0.423 e. The van der Waals surface area contributed by atoms with Gasteiger partial charge in [-0.05, 0) is 49.8 Å². The first-order valence-electron chi connectivity index (χ1n) is 8.99. The number of nitrogens with zero attached hydrogens (tertiary/aromatic N) is 1. The molecule has 0 aliphatic heterocycles. The third kappa shape index (κ3) is 7.91. The Labute approximate surface area is 179 Å². The molecule has 1 heterocycles. The zero-order valence-corrected chi connectivity index (χ0v) is 23.1. The van der Waals surface area contributed by atoms with Crippen LogP contribution in [0.15, 0.2) is 9.59 Å². The van der Waals surface area contributed by atoms with Gasteiger partial charge in [0.25, 0.3) is 5.56 Å². The Morgan fingerprint density at radius 3 is 2.07 bits per heavy atom. The van der Waals surface area contributed by atoms with E-state index in [0.29, 0.717) is 56.4 Å². The Hall–Kier alpha value is -0.316. The van der Waals surface area contributed by atoms with Crippen LogP contribution in [0, 0.1) is 16.5 Å². The van der Waals surface area contributed by atoms with Gasteiger partial charge in [0.05, 0.1) is 29.1 Å². The fourth-order valence-corrected chi connectivity index (χ4v) is 3.26. The first-order chi connectivity index (χ1) is 12.7. The first kappa shape index (κ1) is 24.7. The van der Waals surface area contributed by atoms with Crippen molar-refractivity contribution in [1.29, 1.82) is 0 Å². The number of H-pyrrole nitrogens is 1. The van der Waals surface area contributed by atoms with E-state index in [0.717, 1.165) is 0 Å². The number of nitrogens with one attached hydrogen (secondary N) is 1. The van der Waals surface area contributed by atoms with E-state index in [9.17, 15) is 9.59 Å². The molecule has 156 valence electrons. The van der Waals surface area contributed by atoms with Crippen LogP contribution >= 0.6 is 22.6 Å². The highest BCUT2D eigenvalue weighted by Gasteiger charge is 2.21. The maximum Gasteiger partial charge on any atom is 0.329 e. The SMILES string of the molecule is Cc1c(I)n(CCC(C)C(OCC(C)O[SiH3])OCC(C)O[SiH3])c(=O)[nH]c1=O. The predicted octanol–water partition coefficient (Wildman–Crippen LogP) is -0.794. The zero-order valence-electron chi connectivity index (χ0n) is 16.9. The van der Waals surface area contributed by atoms with Crippen molar-refractivity contribution < 1.29 is 18.3 Å². The molecule has 1 aromatic heterocycles. The predicted molar refractivity (Wildman–Crippen MR) is 119 cm³/mol. The Kier molecular flexibility index (Phi) is 11.3. The van der Waals surface area contributed by atoms with Crippen LogP contribution in [0.1, 0.15) is 32.8 Å². The summed E-state index contributed by atoms with van der Waals surface area (Å²) in [6.45, 7) is 9.03. The van der Waals surface area contributed by atoms with Gasteiger partial charge in [-0.2, -0.15) is 0 Å². The quantitative estimate of drug-likeness (QED) is 0.165. The number of hydrogen-bond acceptors (Lipinski definition) is 6. The van der Waals surface area contributed by atoms with Crippen molar-refractivity contribution in [1.82, 2.24) is 9.55 Å². The van der Waals surface area contributed by atoms with Gasteiger partial charge in [-0.1, -0.05) is 6.92 Å². The Morgan fingerprint density at radius 2 is 1.59 bits per heavy atom. The Bertz CT molecular complexity index is 684. The summed E-state index contributed by atoms with van der Waals surface area (Å²) in [4.78, 5) is 26.2. The lowest BCUT2D eigenvalue weighted by Crippen LogP contribution is -2.36. The molecule has 0 radical (unpaired) electrons. The second kappa shape index (κ2) is 12.3. The molecule has 1 rings (SSSR count). The normalized spacial score (nSPS) is 16.3. The van der Waals surface area contributed by atoms with E-state index >= 15 is 0 Å². The molecule has 0 bridgehead atoms. The minimum Gasteiger partial charge on any atom is -0.423 e. The van der Waals surface area contributed by atoms with E-state index in [1.807, 2.05) is 43.4 Å². The van der Waals surface area contributed by atoms with Crippen LogP contribution in [-0.4, -0.2) is 62.2 Å². The smallest absolute Gasteiger partial charge is 0.329 e. The molecule has 0 fully saturated rings. The molecule has 0 saturated carbocycles. The molecule has 3 unspecified atom stereocenters. The maximum atomic E-state index is 12.1. The monoisotopic (exact) mass is 530 g/mol. The van der Waals surface area contributed by atoms with Gasteiger partial charge < -0.3 is 18.3 Å². The van der Waals surface area contributed by atoms with Crippen LogP contribution in [0.2, 0.25) is 0 Å². The van der Waals surface area contributed by atoms with Gasteiger partial charge in [0.15, 0.2) is 6.29 Å². The molecule has 0 saturated heterocycles. The van der Waals surface area contributed by atoms with Crippen LogP contribution < -0.4 is 11.2 Å². The molecular weight excluding hydrogens is 499 g/mol. The third-order valence-corrected chi connectivity index (χ3v) is 7.42. The van der Waals surface area contributed by atoms with Crippen molar-refractivity contribution >= 4 is 43.6 Å². The van der Waals surface area contributed by atoms with Crippen LogP contribution in [0.5, 0.6) is 0 Å². The van der Waals surface area contributed by atoms with Gasteiger partial charge in [-0.3, -0.25) is 14.3 Å². The van der Waals surface area contributed by atoms with Crippen LogP contribution in [0.3, 0.4) is 0 Å². The van der Waals surface area contributed by atoms with Crippen molar-refractivity contribution in [2.45, 2.75) is 59.2 Å². The summed E-state index contributed by atoms with van der Waals surface area (Å²) in [7, 11) is 1.31. The summed E-state index contributed by atoms with van der Waals surface area (Å²) in [6, 6.07) is 0. The number of aromatic amines is 1. The molecule has 1 aromatic rings. The van der Waals surface area contributed by atoms with Gasteiger partial charge in [0.1, 0.15) is 21.0 Å². The fraction of sp³-hybridized carbons (Fsp3) is 0.750. The Morgan fingerprint density at radius 1 is 1.07 bits per heavy atom. The first-order valence-corrected chi connectivity index (χ1v) is 11.7. The summed E-state index contributed by atoms with van der Waals surface area (Å²) in [5, 5.41) is 0. The zero-order chi connectivity index (χ0) is 20.6. The minimum atomic E-state index is -0.416. The van der Waals surface area contributed by atoms with E-state index in [2.05, 4.69) is 4.98 Å². The second-order valence-corrected chi connectivity index (χ2v) is 8.68. The number of hydrogen-bond donors (Lipinski definition) is 1. The molecule has 0 amide bonds. The van der Waals surface area contributed by atoms with E-state index in [1.165, 1.54) is 0 Å². The highest BCUT2D eigenvalue weighted by atomic mass is 127. The summed E-state index contributed by atoms with van der Waals surface area (Å²) in [5.41, 5.74) is -0.188. The van der Waals surface area contributed by atoms with Gasteiger partial charge in [0.2, 0.25) is 0 Å². The van der Waals surface area contributed by atoms with Crippen molar-refractivity contribution in [3.05, 3.63) is 30.1 Å². The molecule has 0 spiro atoms. The minimum absolute atomic E-state index is 0.0210. The van der Waals surface area contributed by atoms with Gasteiger partial charge >= 0.3 is 5.69 Å². The lowest BCUT2D eigenvalue weighted by atomic mass is 10.1. The van der Waals surface area contributed by atoms with Gasteiger partial charge in [0, 0.05) is 18.0 Å². The molecule has 0 aliphatic rings. The number of halogens is 1. The van der Waals surface area contributed by atoms with Crippen molar-refractivity contribution in [2.24, 2.45) is 5.92 Å². The van der Waals surface area contributed by atoms with E-state index in [1.54, 1.807) is 11.5 Å². The lowest BCUT2D eigenvalue weighted by molar-refractivity contribution is -0.188. The maximum absolute atomic E-state index is 12.1.